The van der Waals surface area contributed by atoms with Crippen LogP contribution in [0, 0.1) is 11.3 Å². The molecule has 1 aliphatic rings. The molecule has 19 heavy (non-hydrogen) atoms. The lowest BCUT2D eigenvalue weighted by Gasteiger charge is -2.35. The SMILES string of the molecule is C[C@@H]1CN(S(=O)(=O)c2cccc(C#N)c2)[C@@H](C)CO1. The summed E-state index contributed by atoms with van der Waals surface area (Å²) in [6, 6.07) is 7.85. The zero-order valence-corrected chi connectivity index (χ0v) is 11.7. The van der Waals surface area contributed by atoms with Crippen molar-refractivity contribution in [2.24, 2.45) is 0 Å². The summed E-state index contributed by atoms with van der Waals surface area (Å²) in [5, 5.41) is 8.85. The van der Waals surface area contributed by atoms with Crippen molar-refractivity contribution >= 4 is 10.0 Å². The highest BCUT2D eigenvalue weighted by Crippen LogP contribution is 2.22. The monoisotopic (exact) mass is 280 g/mol. The van der Waals surface area contributed by atoms with Crippen LogP contribution in [0.4, 0.5) is 0 Å². The van der Waals surface area contributed by atoms with Gasteiger partial charge in [0.05, 0.1) is 29.2 Å². The molecule has 0 saturated carbocycles. The Bertz CT molecular complexity index is 607. The normalized spacial score (nSPS) is 24.9. The van der Waals surface area contributed by atoms with Crippen LogP contribution in [0.5, 0.6) is 0 Å². The van der Waals surface area contributed by atoms with Gasteiger partial charge in [0.1, 0.15) is 0 Å². The third-order valence-corrected chi connectivity index (χ3v) is 5.10. The van der Waals surface area contributed by atoms with Crippen molar-refractivity contribution in [2.75, 3.05) is 13.2 Å². The average molecular weight is 280 g/mol. The summed E-state index contributed by atoms with van der Waals surface area (Å²) < 4.78 is 32.0. The van der Waals surface area contributed by atoms with Gasteiger partial charge in [0.2, 0.25) is 10.0 Å². The van der Waals surface area contributed by atoms with Gasteiger partial charge in [-0.25, -0.2) is 8.42 Å². The number of benzene rings is 1. The maximum Gasteiger partial charge on any atom is 0.243 e. The third kappa shape index (κ3) is 2.78. The Hall–Kier alpha value is -1.42. The van der Waals surface area contributed by atoms with Gasteiger partial charge in [-0.2, -0.15) is 9.57 Å². The van der Waals surface area contributed by atoms with E-state index < -0.39 is 10.0 Å². The molecule has 0 aromatic heterocycles. The minimum absolute atomic E-state index is 0.120. The second-order valence-electron chi connectivity index (χ2n) is 4.71. The van der Waals surface area contributed by atoms with Gasteiger partial charge in [-0.05, 0) is 32.0 Å². The molecule has 0 bridgehead atoms. The fraction of sp³-hybridized carbons (Fsp3) is 0.462. The molecule has 0 N–H and O–H groups in total. The maximum absolute atomic E-state index is 12.6. The Balaban J connectivity index is 2.38. The smallest absolute Gasteiger partial charge is 0.243 e. The summed E-state index contributed by atoms with van der Waals surface area (Å²) in [6.07, 6.45) is -0.120. The van der Waals surface area contributed by atoms with Crippen LogP contribution in [-0.2, 0) is 14.8 Å². The lowest BCUT2D eigenvalue weighted by molar-refractivity contribution is -0.0170. The summed E-state index contributed by atoms with van der Waals surface area (Å²) in [7, 11) is -3.57. The zero-order valence-electron chi connectivity index (χ0n) is 10.9. The summed E-state index contributed by atoms with van der Waals surface area (Å²) in [6.45, 7) is 4.39. The molecule has 0 aliphatic carbocycles. The van der Waals surface area contributed by atoms with Crippen LogP contribution in [-0.4, -0.2) is 38.0 Å². The molecule has 2 rings (SSSR count). The molecule has 6 heteroatoms. The lowest BCUT2D eigenvalue weighted by atomic mass is 10.2. The van der Waals surface area contributed by atoms with E-state index in [0.29, 0.717) is 18.7 Å². The molecule has 1 aromatic carbocycles. The second-order valence-corrected chi connectivity index (χ2v) is 6.60. The Morgan fingerprint density at radius 1 is 1.42 bits per heavy atom. The van der Waals surface area contributed by atoms with Crippen LogP contribution >= 0.6 is 0 Å². The molecule has 1 saturated heterocycles. The van der Waals surface area contributed by atoms with Gasteiger partial charge in [-0.3, -0.25) is 0 Å². The fourth-order valence-electron chi connectivity index (χ4n) is 2.07. The summed E-state index contributed by atoms with van der Waals surface area (Å²) in [5.41, 5.74) is 0.343. The molecule has 0 unspecified atom stereocenters. The Kier molecular flexibility index (Phi) is 3.90. The van der Waals surface area contributed by atoms with Gasteiger partial charge in [-0.1, -0.05) is 6.07 Å². The molecular formula is C13H16N2O3S. The van der Waals surface area contributed by atoms with Crippen LogP contribution in [0.15, 0.2) is 29.2 Å². The standard InChI is InChI=1S/C13H16N2O3S/c1-10-9-18-11(2)8-15(10)19(16,17)13-5-3-4-12(6-13)7-14/h3-6,10-11H,8-9H2,1-2H3/t10-,11+/m0/s1. The van der Waals surface area contributed by atoms with Crippen molar-refractivity contribution in [1.29, 1.82) is 5.26 Å². The highest BCUT2D eigenvalue weighted by Gasteiger charge is 2.34. The van der Waals surface area contributed by atoms with E-state index in [1.54, 1.807) is 12.1 Å². The number of ether oxygens (including phenoxy) is 1. The minimum atomic E-state index is -3.57. The Labute approximate surface area is 113 Å². The summed E-state index contributed by atoms with van der Waals surface area (Å²) in [4.78, 5) is 0.160. The van der Waals surface area contributed by atoms with Crippen molar-refractivity contribution in [2.45, 2.75) is 30.9 Å². The van der Waals surface area contributed by atoms with Gasteiger partial charge in [0, 0.05) is 12.6 Å². The Morgan fingerprint density at radius 3 is 2.84 bits per heavy atom. The third-order valence-electron chi connectivity index (χ3n) is 3.12. The molecule has 0 spiro atoms. The summed E-state index contributed by atoms with van der Waals surface area (Å²) in [5.74, 6) is 0. The predicted octanol–water partition coefficient (Wildman–Crippen LogP) is 1.36. The molecule has 1 aliphatic heterocycles. The topological polar surface area (TPSA) is 70.4 Å². The quantitative estimate of drug-likeness (QED) is 0.820. The molecule has 102 valence electrons. The molecular weight excluding hydrogens is 264 g/mol. The van der Waals surface area contributed by atoms with Crippen LogP contribution in [0.3, 0.4) is 0 Å². The first-order valence-corrected chi connectivity index (χ1v) is 7.53. The molecule has 0 amide bonds. The van der Waals surface area contributed by atoms with E-state index in [1.807, 2.05) is 19.9 Å². The van der Waals surface area contributed by atoms with Crippen molar-refractivity contribution in [1.82, 2.24) is 4.31 Å². The Morgan fingerprint density at radius 2 is 2.16 bits per heavy atom. The van der Waals surface area contributed by atoms with Crippen LogP contribution < -0.4 is 0 Å². The number of nitrogens with zero attached hydrogens (tertiary/aromatic N) is 2. The molecule has 5 nitrogen and oxygen atoms in total. The van der Waals surface area contributed by atoms with Gasteiger partial charge in [0.25, 0.3) is 0 Å². The van der Waals surface area contributed by atoms with Gasteiger partial charge in [0.15, 0.2) is 0 Å². The van der Waals surface area contributed by atoms with Gasteiger partial charge >= 0.3 is 0 Å². The first-order chi connectivity index (χ1) is 8.95. The van der Waals surface area contributed by atoms with Crippen LogP contribution in [0.25, 0.3) is 0 Å². The zero-order chi connectivity index (χ0) is 14.0. The van der Waals surface area contributed by atoms with Crippen molar-refractivity contribution < 1.29 is 13.2 Å². The molecule has 2 atom stereocenters. The fourth-order valence-corrected chi connectivity index (χ4v) is 3.81. The highest BCUT2D eigenvalue weighted by atomic mass is 32.2. The lowest BCUT2D eigenvalue weighted by Crippen LogP contribution is -2.50. The van der Waals surface area contributed by atoms with E-state index in [4.69, 9.17) is 10.00 Å². The van der Waals surface area contributed by atoms with Crippen LogP contribution in [0.1, 0.15) is 19.4 Å². The van der Waals surface area contributed by atoms with Gasteiger partial charge < -0.3 is 4.74 Å². The predicted molar refractivity (Wildman–Crippen MR) is 69.9 cm³/mol. The largest absolute Gasteiger partial charge is 0.375 e. The molecule has 1 heterocycles. The van der Waals surface area contributed by atoms with E-state index in [1.165, 1.54) is 16.4 Å². The summed E-state index contributed by atoms with van der Waals surface area (Å²) >= 11 is 0. The average Bonchev–Trinajstić information content (AvgIpc) is 2.41. The molecule has 0 radical (unpaired) electrons. The number of hydrogen-bond donors (Lipinski definition) is 0. The van der Waals surface area contributed by atoms with E-state index in [0.717, 1.165) is 0 Å². The van der Waals surface area contributed by atoms with Gasteiger partial charge in [-0.15, -0.1) is 0 Å². The van der Waals surface area contributed by atoms with Crippen molar-refractivity contribution in [3.05, 3.63) is 29.8 Å². The van der Waals surface area contributed by atoms with Crippen molar-refractivity contribution in [3.8, 4) is 6.07 Å². The van der Waals surface area contributed by atoms with E-state index in [-0.39, 0.29) is 17.0 Å². The molecule has 1 aromatic rings. The number of hydrogen-bond acceptors (Lipinski definition) is 4. The number of rotatable bonds is 2. The number of sulfonamides is 1. The first kappa shape index (κ1) is 14.0. The maximum atomic E-state index is 12.6. The van der Waals surface area contributed by atoms with Crippen molar-refractivity contribution in [3.63, 3.8) is 0 Å². The molecule has 1 fully saturated rings. The van der Waals surface area contributed by atoms with E-state index >= 15 is 0 Å². The second kappa shape index (κ2) is 5.29. The first-order valence-electron chi connectivity index (χ1n) is 6.09. The van der Waals surface area contributed by atoms with E-state index in [9.17, 15) is 8.42 Å². The van der Waals surface area contributed by atoms with E-state index in [2.05, 4.69) is 0 Å². The highest BCUT2D eigenvalue weighted by molar-refractivity contribution is 7.89. The van der Waals surface area contributed by atoms with Crippen LogP contribution in [0.2, 0.25) is 0 Å². The number of morpholine rings is 1. The minimum Gasteiger partial charge on any atom is -0.375 e. The number of nitriles is 1.